The molecular weight excluding hydrogens is 341 g/mol. The van der Waals surface area contributed by atoms with Gasteiger partial charge >= 0.3 is 6.18 Å². The van der Waals surface area contributed by atoms with E-state index in [9.17, 15) is 23.1 Å². The molecule has 25 heavy (non-hydrogen) atoms. The number of amides is 1. The van der Waals surface area contributed by atoms with E-state index in [4.69, 9.17) is 0 Å². The van der Waals surface area contributed by atoms with E-state index in [-0.39, 0.29) is 23.5 Å². The Kier molecular flexibility index (Phi) is 4.62. The van der Waals surface area contributed by atoms with E-state index < -0.39 is 24.8 Å². The van der Waals surface area contributed by atoms with E-state index in [0.717, 1.165) is 6.07 Å². The Labute approximate surface area is 140 Å². The number of ether oxygens (including phenoxy) is 1. The Morgan fingerprint density at radius 3 is 2.88 bits per heavy atom. The molecule has 0 bridgehead atoms. The third-order valence-electron chi connectivity index (χ3n) is 3.83. The van der Waals surface area contributed by atoms with Gasteiger partial charge in [-0.1, -0.05) is 0 Å². The van der Waals surface area contributed by atoms with Gasteiger partial charge in [0.05, 0.1) is 18.2 Å². The number of aliphatic hydroxyl groups is 1. The molecule has 3 atom stereocenters. The molecule has 1 fully saturated rings. The van der Waals surface area contributed by atoms with Gasteiger partial charge in [-0.15, -0.1) is 0 Å². The third-order valence-corrected chi connectivity index (χ3v) is 3.83. The summed E-state index contributed by atoms with van der Waals surface area (Å²) in [6.07, 6.45) is -0.314. The van der Waals surface area contributed by atoms with Crippen molar-refractivity contribution in [2.45, 2.75) is 30.8 Å². The van der Waals surface area contributed by atoms with Crippen LogP contribution in [0.3, 0.4) is 0 Å². The highest BCUT2D eigenvalue weighted by Crippen LogP contribution is 2.32. The van der Waals surface area contributed by atoms with E-state index in [0.29, 0.717) is 6.42 Å². The number of nitrogens with zero attached hydrogens (tertiary/aromatic N) is 3. The molecular formula is C15H15F3N4O3. The van der Waals surface area contributed by atoms with Gasteiger partial charge in [0.25, 0.3) is 5.91 Å². The summed E-state index contributed by atoms with van der Waals surface area (Å²) in [5.41, 5.74) is 0.118. The molecule has 1 amide bonds. The first-order valence-electron chi connectivity index (χ1n) is 7.47. The number of carbonyl (C=O) groups excluding carboxylic acids is 1. The van der Waals surface area contributed by atoms with Crippen molar-refractivity contribution in [3.63, 3.8) is 0 Å². The van der Waals surface area contributed by atoms with Crippen molar-refractivity contribution in [2.24, 2.45) is 0 Å². The molecule has 7 nitrogen and oxygen atoms in total. The molecule has 0 saturated heterocycles. The van der Waals surface area contributed by atoms with Crippen molar-refractivity contribution in [1.82, 2.24) is 20.1 Å². The Hall–Kier alpha value is -2.62. The SMILES string of the molecule is O=C(N[C@H]1C[C@@H](O)[C@@H]1n1cccn1)c1ccnc(OCC(F)(F)F)c1. The summed E-state index contributed by atoms with van der Waals surface area (Å²) < 4.78 is 42.6. The Morgan fingerprint density at radius 2 is 2.24 bits per heavy atom. The van der Waals surface area contributed by atoms with Gasteiger partial charge in [0, 0.05) is 30.2 Å². The summed E-state index contributed by atoms with van der Waals surface area (Å²) in [6, 6.07) is 3.49. The molecule has 2 N–H and O–H groups in total. The Bertz CT molecular complexity index is 736. The molecule has 3 rings (SSSR count). The number of aliphatic hydroxyl groups excluding tert-OH is 1. The molecule has 2 heterocycles. The lowest BCUT2D eigenvalue weighted by atomic mass is 9.83. The van der Waals surface area contributed by atoms with Crippen molar-refractivity contribution < 1.29 is 27.8 Å². The zero-order valence-corrected chi connectivity index (χ0v) is 12.8. The van der Waals surface area contributed by atoms with Crippen molar-refractivity contribution in [1.29, 1.82) is 0 Å². The molecule has 1 aliphatic rings. The molecule has 10 heteroatoms. The smallest absolute Gasteiger partial charge is 0.422 e. The fourth-order valence-electron chi connectivity index (χ4n) is 2.61. The van der Waals surface area contributed by atoms with Gasteiger partial charge in [0.1, 0.15) is 0 Å². The first kappa shape index (κ1) is 17.2. The van der Waals surface area contributed by atoms with Crippen LogP contribution in [0.1, 0.15) is 22.8 Å². The number of carbonyl (C=O) groups is 1. The summed E-state index contributed by atoms with van der Waals surface area (Å²) in [5, 5.41) is 16.7. The lowest BCUT2D eigenvalue weighted by Gasteiger charge is -2.41. The number of hydrogen-bond acceptors (Lipinski definition) is 5. The number of nitrogens with one attached hydrogen (secondary N) is 1. The largest absolute Gasteiger partial charge is 0.468 e. The zero-order chi connectivity index (χ0) is 18.0. The van der Waals surface area contributed by atoms with Gasteiger partial charge in [-0.25, -0.2) is 4.98 Å². The molecule has 0 spiro atoms. The summed E-state index contributed by atoms with van der Waals surface area (Å²) in [7, 11) is 0. The maximum absolute atomic E-state index is 12.3. The van der Waals surface area contributed by atoms with Gasteiger partial charge < -0.3 is 15.2 Å². The topological polar surface area (TPSA) is 89.3 Å². The van der Waals surface area contributed by atoms with Crippen LogP contribution in [0.25, 0.3) is 0 Å². The second-order valence-electron chi connectivity index (χ2n) is 5.65. The summed E-state index contributed by atoms with van der Waals surface area (Å²) in [5.74, 6) is -0.782. The van der Waals surface area contributed by atoms with Gasteiger partial charge in [0.15, 0.2) is 6.61 Å². The van der Waals surface area contributed by atoms with Gasteiger partial charge in [0.2, 0.25) is 5.88 Å². The maximum Gasteiger partial charge on any atom is 0.422 e. The molecule has 0 aliphatic heterocycles. The molecule has 0 unspecified atom stereocenters. The monoisotopic (exact) mass is 356 g/mol. The predicted molar refractivity (Wildman–Crippen MR) is 78.9 cm³/mol. The molecule has 1 saturated carbocycles. The normalized spacial score (nSPS) is 23.0. The fraction of sp³-hybridized carbons (Fsp3) is 0.400. The van der Waals surface area contributed by atoms with Crippen LogP contribution < -0.4 is 10.1 Å². The summed E-state index contributed by atoms with van der Waals surface area (Å²) in [4.78, 5) is 15.9. The number of aromatic nitrogens is 3. The minimum atomic E-state index is -4.49. The van der Waals surface area contributed by atoms with Crippen molar-refractivity contribution in [3.8, 4) is 5.88 Å². The maximum atomic E-state index is 12.3. The van der Waals surface area contributed by atoms with Crippen molar-refractivity contribution in [2.75, 3.05) is 6.61 Å². The highest BCUT2D eigenvalue weighted by atomic mass is 19.4. The second-order valence-corrected chi connectivity index (χ2v) is 5.65. The lowest BCUT2D eigenvalue weighted by molar-refractivity contribution is -0.154. The number of alkyl halides is 3. The van der Waals surface area contributed by atoms with Gasteiger partial charge in [-0.2, -0.15) is 18.3 Å². The number of pyridine rings is 1. The van der Waals surface area contributed by atoms with Crippen LogP contribution in [0.4, 0.5) is 13.2 Å². The standard InChI is InChI=1S/C15H15F3N4O3/c16-15(17,18)8-25-12-6-9(2-4-19-12)14(24)21-10-7-11(23)13(10)22-5-1-3-20-22/h1-6,10-11,13,23H,7-8H2,(H,21,24)/t10-,11+,13+/m0/s1. The van der Waals surface area contributed by atoms with Crippen LogP contribution in [0.5, 0.6) is 5.88 Å². The van der Waals surface area contributed by atoms with Crippen LogP contribution >= 0.6 is 0 Å². The van der Waals surface area contributed by atoms with Gasteiger partial charge in [-0.3, -0.25) is 9.48 Å². The Morgan fingerprint density at radius 1 is 1.44 bits per heavy atom. The first-order chi connectivity index (χ1) is 11.8. The minimum absolute atomic E-state index is 0.118. The Balaban J connectivity index is 1.63. The van der Waals surface area contributed by atoms with E-state index in [1.807, 2.05) is 0 Å². The molecule has 134 valence electrons. The van der Waals surface area contributed by atoms with Crippen LogP contribution in [0.2, 0.25) is 0 Å². The number of halogens is 3. The lowest BCUT2D eigenvalue weighted by Crippen LogP contribution is -2.56. The zero-order valence-electron chi connectivity index (χ0n) is 12.8. The van der Waals surface area contributed by atoms with Crippen molar-refractivity contribution >= 4 is 5.91 Å². The highest BCUT2D eigenvalue weighted by Gasteiger charge is 2.42. The molecule has 2 aromatic heterocycles. The van der Waals surface area contributed by atoms with Crippen LogP contribution in [0, 0.1) is 0 Å². The van der Waals surface area contributed by atoms with E-state index in [1.165, 1.54) is 12.3 Å². The highest BCUT2D eigenvalue weighted by molar-refractivity contribution is 5.94. The average molecular weight is 356 g/mol. The summed E-state index contributed by atoms with van der Waals surface area (Å²) in [6.45, 7) is -1.48. The quantitative estimate of drug-likeness (QED) is 0.844. The van der Waals surface area contributed by atoms with Crippen LogP contribution in [0.15, 0.2) is 36.8 Å². The van der Waals surface area contributed by atoms with Crippen LogP contribution in [-0.4, -0.2) is 50.7 Å². The number of rotatable bonds is 5. The number of hydrogen-bond donors (Lipinski definition) is 2. The minimum Gasteiger partial charge on any atom is -0.468 e. The predicted octanol–water partition coefficient (Wildman–Crippen LogP) is 1.32. The second kappa shape index (κ2) is 6.71. The van der Waals surface area contributed by atoms with Crippen LogP contribution in [-0.2, 0) is 0 Å². The molecule has 1 aliphatic carbocycles. The van der Waals surface area contributed by atoms with E-state index in [2.05, 4.69) is 20.1 Å². The van der Waals surface area contributed by atoms with E-state index >= 15 is 0 Å². The molecule has 0 radical (unpaired) electrons. The van der Waals surface area contributed by atoms with Gasteiger partial charge in [-0.05, 0) is 18.6 Å². The van der Waals surface area contributed by atoms with Crippen molar-refractivity contribution in [3.05, 3.63) is 42.4 Å². The molecule has 2 aromatic rings. The molecule has 0 aromatic carbocycles. The fourth-order valence-corrected chi connectivity index (χ4v) is 2.61. The van der Waals surface area contributed by atoms with E-state index in [1.54, 1.807) is 23.1 Å². The average Bonchev–Trinajstić information content (AvgIpc) is 3.05. The first-order valence-corrected chi connectivity index (χ1v) is 7.47. The third kappa shape index (κ3) is 4.08. The summed E-state index contributed by atoms with van der Waals surface area (Å²) >= 11 is 0.